The first-order valence-electron chi connectivity index (χ1n) is 13.9. The van der Waals surface area contributed by atoms with Crippen molar-refractivity contribution in [1.82, 2.24) is 15.0 Å². The summed E-state index contributed by atoms with van der Waals surface area (Å²) in [7, 11) is -5.36. The first-order chi connectivity index (χ1) is 22.1. The molecule has 254 valence electrons. The predicted molar refractivity (Wildman–Crippen MR) is 189 cm³/mol. The number of rotatable bonds is 0. The Morgan fingerprint density at radius 2 is 1.21 bits per heavy atom. The van der Waals surface area contributed by atoms with Crippen LogP contribution in [0.3, 0.4) is 0 Å². The molecule has 0 N–H and O–H groups in total. The number of nitrogens with zero attached hydrogens (tertiary/aromatic N) is 4. The monoisotopic (exact) mass is 758 g/mol. The van der Waals surface area contributed by atoms with Crippen LogP contribution in [-0.4, -0.2) is 41.5 Å². The van der Waals surface area contributed by atoms with Crippen molar-refractivity contribution in [3.63, 3.8) is 0 Å². The van der Waals surface area contributed by atoms with Gasteiger partial charge in [0.15, 0.2) is 22.5 Å². The van der Waals surface area contributed by atoms with Gasteiger partial charge >= 0.3 is 5.51 Å². The Morgan fingerprint density at radius 3 is 1.52 bits per heavy atom. The van der Waals surface area contributed by atoms with Gasteiger partial charge in [0.05, 0.1) is 0 Å². The molecule has 7 nitrogen and oxygen atoms in total. The molecule has 4 heterocycles. The van der Waals surface area contributed by atoms with E-state index in [0.29, 0.717) is 0 Å². The Balaban J connectivity index is 0.000000583. The highest BCUT2D eigenvalue weighted by Crippen LogP contribution is 2.20. The lowest BCUT2D eigenvalue weighted by Gasteiger charge is -2.08. The first kappa shape index (κ1) is 43.7. The fourth-order valence-corrected chi connectivity index (χ4v) is 3.59. The Kier molecular flexibility index (Phi) is 18.9. The van der Waals surface area contributed by atoms with Crippen molar-refractivity contribution in [2.24, 2.45) is 7.05 Å². The van der Waals surface area contributed by atoms with E-state index in [4.69, 9.17) is 25.8 Å². The topological polar surface area (TPSA) is 99.8 Å². The Morgan fingerprint density at radius 1 is 0.792 bits per heavy atom. The molecule has 4 aromatic heterocycles. The number of hydrogen-bond acceptors (Lipinski definition) is 6. The molecule has 0 saturated carbocycles. The van der Waals surface area contributed by atoms with Gasteiger partial charge in [0, 0.05) is 70.0 Å². The number of aryl methyl sites for hydroxylation is 5. The second-order valence-electron chi connectivity index (χ2n) is 10.9. The smallest absolute Gasteiger partial charge is 0.485 e. The molecule has 0 radical (unpaired) electrons. The van der Waals surface area contributed by atoms with Gasteiger partial charge in [-0.15, -0.1) is 18.4 Å². The third-order valence-corrected chi connectivity index (χ3v) is 7.79. The standard InChI is InChI=1S/C11H15NSi.C9H10N.C8H7N.C6H6BrN.CHF3O3S/c1-10-9-12-7-5-11(10)6-8-13(2,3)4;1-4-9-5-6-10(3)7-8(9)2;1-3-8-4-5-9-6-7(8)2;1-5-4-8-3-2-6(5)7;2-1(3,4)8(5,6)7/h5,7,9H,1-4H3;1,5-7H,2-3H3;1,4-6H,2H3;2-4H,1H3;(H,5,6,7)/q;+1;;;/p-1. The number of halogens is 4. The molecule has 4 aromatic rings. The summed E-state index contributed by atoms with van der Waals surface area (Å²) in [6.07, 6.45) is 25.1. The van der Waals surface area contributed by atoms with Gasteiger partial charge in [-0.2, -0.15) is 13.2 Å². The third kappa shape index (κ3) is 18.7. The van der Waals surface area contributed by atoms with Crippen molar-refractivity contribution in [3.05, 3.63) is 117 Å². The normalized spacial score (nSPS) is 10.1. The summed E-state index contributed by atoms with van der Waals surface area (Å²) >= 11 is 3.36. The second kappa shape index (κ2) is 20.8. The Bertz CT molecular complexity index is 1870. The van der Waals surface area contributed by atoms with Crippen LogP contribution in [0.4, 0.5) is 13.2 Å². The van der Waals surface area contributed by atoms with E-state index in [0.717, 1.165) is 37.9 Å². The van der Waals surface area contributed by atoms with Crippen LogP contribution in [0.5, 0.6) is 0 Å². The molecule has 0 unspecified atom stereocenters. The zero-order valence-electron chi connectivity index (χ0n) is 28.0. The highest BCUT2D eigenvalue weighted by Gasteiger charge is 2.36. The SMILES string of the molecule is C#Cc1cc[n+](C)cc1C.C#Cc1ccncc1C.Cc1cnccc1Br.Cc1cnccc1C#C[Si](C)(C)C.O=S(=O)([O-])C(F)(F)F. The highest BCUT2D eigenvalue weighted by molar-refractivity contribution is 9.10. The Labute approximate surface area is 292 Å². The van der Waals surface area contributed by atoms with Crippen LogP contribution in [0, 0.1) is 63.8 Å². The molecular formula is C35H38BrF3N4O3SSi. The average Bonchev–Trinajstić information content (AvgIpc) is 2.98. The van der Waals surface area contributed by atoms with Crippen molar-refractivity contribution < 1.29 is 30.7 Å². The van der Waals surface area contributed by atoms with Crippen LogP contribution in [0.1, 0.15) is 38.9 Å². The van der Waals surface area contributed by atoms with Gasteiger partial charge in [0.1, 0.15) is 15.1 Å². The van der Waals surface area contributed by atoms with Gasteiger partial charge in [-0.1, -0.05) is 53.3 Å². The maximum absolute atomic E-state index is 10.7. The second-order valence-corrected chi connectivity index (χ2v) is 17.9. The number of pyridine rings is 4. The summed E-state index contributed by atoms with van der Waals surface area (Å²) in [6.45, 7) is 14.7. The van der Waals surface area contributed by atoms with E-state index in [1.165, 1.54) is 5.56 Å². The van der Waals surface area contributed by atoms with E-state index < -0.39 is 23.7 Å². The maximum Gasteiger partial charge on any atom is 0.485 e. The summed E-state index contributed by atoms with van der Waals surface area (Å²) in [5.41, 5.74) is 5.23. The lowest BCUT2D eigenvalue weighted by atomic mass is 10.2. The van der Waals surface area contributed by atoms with Crippen LogP contribution in [0.2, 0.25) is 19.6 Å². The molecule has 0 aliphatic heterocycles. The number of alkyl halides is 3. The van der Waals surface area contributed by atoms with Crippen molar-refractivity contribution in [3.8, 4) is 36.2 Å². The fourth-order valence-electron chi connectivity index (χ4n) is 2.86. The number of hydrogen-bond donors (Lipinski definition) is 0. The third-order valence-electron chi connectivity index (χ3n) is 5.46. The van der Waals surface area contributed by atoms with Gasteiger partial charge in [-0.25, -0.2) is 13.0 Å². The molecule has 0 bridgehead atoms. The minimum absolute atomic E-state index is 0.921. The van der Waals surface area contributed by atoms with Crippen molar-refractivity contribution in [2.45, 2.75) is 52.8 Å². The quantitative estimate of drug-likeness (QED) is 0.0630. The molecule has 13 heteroatoms. The largest absolute Gasteiger partial charge is 0.741 e. The predicted octanol–water partition coefficient (Wildman–Crippen LogP) is 6.99. The highest BCUT2D eigenvalue weighted by atomic mass is 79.9. The molecule has 48 heavy (non-hydrogen) atoms. The summed E-state index contributed by atoms with van der Waals surface area (Å²) in [4.78, 5) is 11.8. The van der Waals surface area contributed by atoms with Gasteiger partial charge in [-0.05, 0) is 62.6 Å². The van der Waals surface area contributed by atoms with E-state index in [9.17, 15) is 13.2 Å². The summed E-state index contributed by atoms with van der Waals surface area (Å²) < 4.78 is 62.0. The van der Waals surface area contributed by atoms with Crippen LogP contribution >= 0.6 is 15.9 Å². The molecule has 4 rings (SSSR count). The first-order valence-corrected chi connectivity index (χ1v) is 19.6. The maximum atomic E-state index is 10.7. The molecule has 0 fully saturated rings. The summed E-state index contributed by atoms with van der Waals surface area (Å²) in [5, 5.41) is 0. The van der Waals surface area contributed by atoms with E-state index in [-0.39, 0.29) is 0 Å². The van der Waals surface area contributed by atoms with E-state index in [1.54, 1.807) is 24.8 Å². The summed E-state index contributed by atoms with van der Waals surface area (Å²) in [5.74, 6) is 8.39. The van der Waals surface area contributed by atoms with Gasteiger partial charge in [-0.3, -0.25) is 15.0 Å². The zero-order valence-corrected chi connectivity index (χ0v) is 31.4. The molecular weight excluding hydrogens is 721 g/mol. The van der Waals surface area contributed by atoms with Gasteiger partial charge < -0.3 is 4.55 Å². The van der Waals surface area contributed by atoms with Crippen molar-refractivity contribution in [2.75, 3.05) is 0 Å². The number of terminal acetylenes is 2. The molecule has 0 aliphatic carbocycles. The van der Waals surface area contributed by atoms with Gasteiger partial charge in [0.25, 0.3) is 0 Å². The van der Waals surface area contributed by atoms with Crippen LogP contribution in [0.25, 0.3) is 0 Å². The minimum Gasteiger partial charge on any atom is -0.741 e. The average molecular weight is 760 g/mol. The molecule has 0 saturated heterocycles. The van der Waals surface area contributed by atoms with E-state index >= 15 is 0 Å². The minimum atomic E-state index is -6.09. The molecule has 0 aliphatic rings. The van der Waals surface area contributed by atoms with E-state index in [2.05, 4.69) is 73.8 Å². The Hall–Kier alpha value is -4.32. The van der Waals surface area contributed by atoms with Gasteiger partial charge in [0.2, 0.25) is 0 Å². The molecule has 0 amide bonds. The zero-order chi connectivity index (χ0) is 37.1. The van der Waals surface area contributed by atoms with Crippen molar-refractivity contribution in [1.29, 1.82) is 0 Å². The lowest BCUT2D eigenvalue weighted by molar-refractivity contribution is -0.671. The lowest BCUT2D eigenvalue weighted by Crippen LogP contribution is -2.26. The van der Waals surface area contributed by atoms with E-state index in [1.807, 2.05) is 88.4 Å². The van der Waals surface area contributed by atoms with Crippen molar-refractivity contribution >= 4 is 34.1 Å². The fraction of sp³-hybridized carbons (Fsp3) is 0.257. The van der Waals surface area contributed by atoms with Crippen LogP contribution in [0.15, 0.2) is 78.3 Å². The van der Waals surface area contributed by atoms with Crippen LogP contribution in [-0.2, 0) is 17.2 Å². The molecule has 0 spiro atoms. The number of aromatic nitrogens is 4. The molecule has 0 aromatic carbocycles. The molecule has 0 atom stereocenters. The van der Waals surface area contributed by atoms with Crippen LogP contribution < -0.4 is 4.57 Å². The summed E-state index contributed by atoms with van der Waals surface area (Å²) in [6, 6.07) is 7.67.